The molecular weight excluding hydrogens is 376 g/mol. The lowest BCUT2D eigenvalue weighted by molar-refractivity contribution is -0.120. The van der Waals surface area contributed by atoms with Gasteiger partial charge in [-0.05, 0) is 29.7 Å². The number of hydrogen-bond donors (Lipinski definition) is 3. The van der Waals surface area contributed by atoms with Gasteiger partial charge in [0.15, 0.2) is 5.96 Å². The molecule has 6 heteroatoms. The molecule has 0 radical (unpaired) electrons. The normalized spacial score (nSPS) is 12.2. The van der Waals surface area contributed by atoms with Gasteiger partial charge in [-0.25, -0.2) is 0 Å². The summed E-state index contributed by atoms with van der Waals surface area (Å²) in [7, 11) is 1.70. The molecule has 0 fully saturated rings. The van der Waals surface area contributed by atoms with Crippen LogP contribution in [0.5, 0.6) is 0 Å². The van der Waals surface area contributed by atoms with Crippen molar-refractivity contribution in [3.05, 3.63) is 95.9 Å². The first kappa shape index (κ1) is 21.2. The highest BCUT2D eigenvalue weighted by Crippen LogP contribution is 2.20. The molecule has 3 N–H and O–H groups in total. The third kappa shape index (κ3) is 6.81. The van der Waals surface area contributed by atoms with Crippen molar-refractivity contribution in [3.63, 3.8) is 0 Å². The largest absolute Gasteiger partial charge is 0.467 e. The van der Waals surface area contributed by atoms with Crippen LogP contribution in [0.2, 0.25) is 0 Å². The van der Waals surface area contributed by atoms with Gasteiger partial charge in [0.05, 0.1) is 19.4 Å². The summed E-state index contributed by atoms with van der Waals surface area (Å²) in [4.78, 5) is 16.3. The van der Waals surface area contributed by atoms with Crippen molar-refractivity contribution in [3.8, 4) is 0 Å². The van der Waals surface area contributed by atoms with Gasteiger partial charge in [0.1, 0.15) is 5.76 Å². The average Bonchev–Trinajstić information content (AvgIpc) is 3.32. The topological polar surface area (TPSA) is 78.7 Å². The van der Waals surface area contributed by atoms with Gasteiger partial charge >= 0.3 is 0 Å². The van der Waals surface area contributed by atoms with E-state index in [2.05, 4.69) is 69.5 Å². The molecule has 0 aliphatic carbocycles. The molecule has 0 saturated heterocycles. The molecule has 1 atom stereocenters. The molecule has 0 spiro atoms. The summed E-state index contributed by atoms with van der Waals surface area (Å²) in [6, 6.07) is 24.5. The van der Waals surface area contributed by atoms with E-state index in [1.807, 2.05) is 18.2 Å². The lowest BCUT2D eigenvalue weighted by atomic mass is 9.92. The summed E-state index contributed by atoms with van der Waals surface area (Å²) >= 11 is 0. The number of nitrogens with zero attached hydrogens (tertiary/aromatic N) is 1. The first-order chi connectivity index (χ1) is 14.7. The van der Waals surface area contributed by atoms with E-state index in [1.165, 1.54) is 11.1 Å². The summed E-state index contributed by atoms with van der Waals surface area (Å²) in [5.41, 5.74) is 2.55. The van der Waals surface area contributed by atoms with E-state index in [9.17, 15) is 4.79 Å². The molecule has 2 aromatic carbocycles. The van der Waals surface area contributed by atoms with Crippen molar-refractivity contribution in [1.29, 1.82) is 0 Å². The molecule has 6 nitrogen and oxygen atoms in total. The van der Waals surface area contributed by atoms with E-state index in [4.69, 9.17) is 4.42 Å². The maximum atomic E-state index is 12.1. The number of aliphatic imine (C=N–C) groups is 1. The molecule has 3 aromatic rings. The van der Waals surface area contributed by atoms with Crippen LogP contribution >= 0.6 is 0 Å². The summed E-state index contributed by atoms with van der Waals surface area (Å²) in [5, 5.41) is 9.23. The van der Waals surface area contributed by atoms with E-state index in [1.54, 1.807) is 19.4 Å². The highest BCUT2D eigenvalue weighted by atomic mass is 16.3. The Morgan fingerprint density at radius 2 is 1.67 bits per heavy atom. The Balaban J connectivity index is 1.51. The van der Waals surface area contributed by atoms with E-state index >= 15 is 0 Å². The standard InChI is InChI=1S/C24H28N4O2/c1-25-24(28-18-23(29)26-17-22-13-8-14-30-22)27-16-21(20-11-6-3-7-12-20)15-19-9-4-2-5-10-19/h2-14,21H,15-18H2,1H3,(H,26,29)(H2,25,27,28). The minimum atomic E-state index is -0.127. The van der Waals surface area contributed by atoms with E-state index in [-0.39, 0.29) is 18.4 Å². The molecule has 1 aromatic heterocycles. The Labute approximate surface area is 177 Å². The number of rotatable bonds is 9. The third-order valence-corrected chi connectivity index (χ3v) is 4.79. The van der Waals surface area contributed by atoms with Gasteiger partial charge in [0.25, 0.3) is 0 Å². The first-order valence-corrected chi connectivity index (χ1v) is 10.1. The van der Waals surface area contributed by atoms with Crippen LogP contribution in [0.1, 0.15) is 22.8 Å². The predicted octanol–water partition coefficient (Wildman–Crippen LogP) is 3.09. The molecule has 1 heterocycles. The zero-order valence-electron chi connectivity index (χ0n) is 17.2. The van der Waals surface area contributed by atoms with Crippen LogP contribution in [0.3, 0.4) is 0 Å². The highest BCUT2D eigenvalue weighted by molar-refractivity contribution is 5.86. The predicted molar refractivity (Wildman–Crippen MR) is 119 cm³/mol. The maximum absolute atomic E-state index is 12.1. The summed E-state index contributed by atoms with van der Waals surface area (Å²) in [5.74, 6) is 1.47. The fourth-order valence-electron chi connectivity index (χ4n) is 3.20. The SMILES string of the molecule is CN=C(NCC(=O)NCc1ccco1)NCC(Cc1ccccc1)c1ccccc1. The maximum Gasteiger partial charge on any atom is 0.239 e. The third-order valence-electron chi connectivity index (χ3n) is 4.79. The zero-order chi connectivity index (χ0) is 21.0. The Bertz CT molecular complexity index is 909. The average molecular weight is 405 g/mol. The van der Waals surface area contributed by atoms with Gasteiger partial charge in [-0.1, -0.05) is 60.7 Å². The summed E-state index contributed by atoms with van der Waals surface area (Å²) in [6.07, 6.45) is 2.50. The van der Waals surface area contributed by atoms with Crippen molar-refractivity contribution in [2.45, 2.75) is 18.9 Å². The van der Waals surface area contributed by atoms with Gasteiger partial charge < -0.3 is 20.4 Å². The minimum Gasteiger partial charge on any atom is -0.467 e. The number of furan rings is 1. The molecular formula is C24H28N4O2. The van der Waals surface area contributed by atoms with Gasteiger partial charge in [0, 0.05) is 19.5 Å². The fraction of sp³-hybridized carbons (Fsp3) is 0.250. The first-order valence-electron chi connectivity index (χ1n) is 10.1. The highest BCUT2D eigenvalue weighted by Gasteiger charge is 2.13. The minimum absolute atomic E-state index is 0.127. The second kappa shape index (κ2) is 11.5. The molecule has 0 saturated carbocycles. The quantitative estimate of drug-likeness (QED) is 0.378. The molecule has 3 rings (SSSR count). The summed E-state index contributed by atoms with van der Waals surface area (Å²) in [6.45, 7) is 1.20. The van der Waals surface area contributed by atoms with Crippen LogP contribution in [-0.2, 0) is 17.8 Å². The molecule has 1 unspecified atom stereocenters. The summed E-state index contributed by atoms with van der Waals surface area (Å²) < 4.78 is 5.22. The fourth-order valence-corrected chi connectivity index (χ4v) is 3.20. The Morgan fingerprint density at radius 3 is 2.33 bits per heavy atom. The number of carbonyl (C=O) groups excluding carboxylic acids is 1. The molecule has 1 amide bonds. The Kier molecular flexibility index (Phi) is 8.09. The lowest BCUT2D eigenvalue weighted by Gasteiger charge is -2.20. The van der Waals surface area contributed by atoms with Gasteiger partial charge in [-0.3, -0.25) is 9.79 Å². The van der Waals surface area contributed by atoms with Crippen LogP contribution in [0.15, 0.2) is 88.5 Å². The lowest BCUT2D eigenvalue weighted by Crippen LogP contribution is -2.44. The van der Waals surface area contributed by atoms with E-state index < -0.39 is 0 Å². The number of hydrogen-bond acceptors (Lipinski definition) is 3. The van der Waals surface area contributed by atoms with Gasteiger partial charge in [-0.15, -0.1) is 0 Å². The van der Waals surface area contributed by atoms with Crippen LogP contribution in [0.4, 0.5) is 0 Å². The van der Waals surface area contributed by atoms with Gasteiger partial charge in [-0.2, -0.15) is 0 Å². The van der Waals surface area contributed by atoms with Crippen LogP contribution in [-0.4, -0.2) is 32.0 Å². The van der Waals surface area contributed by atoms with Crippen LogP contribution in [0.25, 0.3) is 0 Å². The molecule has 30 heavy (non-hydrogen) atoms. The van der Waals surface area contributed by atoms with Crippen molar-refractivity contribution in [2.24, 2.45) is 4.99 Å². The number of amides is 1. The van der Waals surface area contributed by atoms with Crippen molar-refractivity contribution < 1.29 is 9.21 Å². The monoisotopic (exact) mass is 404 g/mol. The Morgan fingerprint density at radius 1 is 0.933 bits per heavy atom. The van der Waals surface area contributed by atoms with Crippen molar-refractivity contribution in [1.82, 2.24) is 16.0 Å². The number of nitrogens with one attached hydrogen (secondary N) is 3. The molecule has 0 aliphatic rings. The molecule has 0 aliphatic heterocycles. The van der Waals surface area contributed by atoms with Crippen LogP contribution < -0.4 is 16.0 Å². The smallest absolute Gasteiger partial charge is 0.239 e. The van der Waals surface area contributed by atoms with Crippen molar-refractivity contribution in [2.75, 3.05) is 20.1 Å². The van der Waals surface area contributed by atoms with Crippen LogP contribution in [0, 0.1) is 0 Å². The van der Waals surface area contributed by atoms with E-state index in [0.29, 0.717) is 19.0 Å². The van der Waals surface area contributed by atoms with Gasteiger partial charge in [0.2, 0.25) is 5.91 Å². The molecule has 0 bridgehead atoms. The van der Waals surface area contributed by atoms with Crippen molar-refractivity contribution >= 4 is 11.9 Å². The Hall–Kier alpha value is -3.54. The van der Waals surface area contributed by atoms with E-state index in [0.717, 1.165) is 12.2 Å². The number of benzene rings is 2. The second-order valence-corrected chi connectivity index (χ2v) is 6.96. The zero-order valence-corrected chi connectivity index (χ0v) is 17.2. The number of carbonyl (C=O) groups is 1. The molecule has 156 valence electrons. The number of guanidine groups is 1. The second-order valence-electron chi connectivity index (χ2n) is 6.96.